The third-order valence-electron chi connectivity index (χ3n) is 2.05. The Balaban J connectivity index is 2.19. The summed E-state index contributed by atoms with van der Waals surface area (Å²) in [6.07, 6.45) is 1.62. The number of halogens is 1. The van der Waals surface area contributed by atoms with Gasteiger partial charge in [-0.1, -0.05) is 17.7 Å². The number of aromatic nitrogens is 1. The molecule has 16 heavy (non-hydrogen) atoms. The summed E-state index contributed by atoms with van der Waals surface area (Å²) in [5.41, 5.74) is 7.34. The van der Waals surface area contributed by atoms with Gasteiger partial charge in [0.2, 0.25) is 0 Å². The minimum absolute atomic E-state index is 0.446. The number of benzene rings is 1. The third-order valence-corrected chi connectivity index (χ3v) is 3.25. The van der Waals surface area contributed by atoms with Crippen LogP contribution in [0.4, 0.5) is 0 Å². The zero-order valence-electron chi connectivity index (χ0n) is 8.74. The molecule has 1 aromatic heterocycles. The average Bonchev–Trinajstić information content (AvgIpc) is 2.64. The minimum atomic E-state index is 0.446. The highest BCUT2D eigenvalue weighted by molar-refractivity contribution is 7.99. The molecule has 0 spiro atoms. The fourth-order valence-electron chi connectivity index (χ4n) is 1.24. The fourth-order valence-corrected chi connectivity index (χ4v) is 2.36. The quantitative estimate of drug-likeness (QED) is 0.914. The number of nitrogens with two attached hydrogens (primary N) is 1. The van der Waals surface area contributed by atoms with E-state index in [2.05, 4.69) is 4.98 Å². The zero-order chi connectivity index (χ0) is 11.5. The van der Waals surface area contributed by atoms with E-state index in [4.69, 9.17) is 21.8 Å². The third kappa shape index (κ3) is 2.58. The summed E-state index contributed by atoms with van der Waals surface area (Å²) in [6.45, 7) is 2.33. The first-order valence-corrected chi connectivity index (χ1v) is 5.97. The van der Waals surface area contributed by atoms with Gasteiger partial charge < -0.3 is 10.2 Å². The molecule has 5 heteroatoms. The van der Waals surface area contributed by atoms with E-state index in [0.29, 0.717) is 16.8 Å². The molecule has 2 rings (SSSR count). The smallest absolute Gasteiger partial charge is 0.260 e. The van der Waals surface area contributed by atoms with Gasteiger partial charge >= 0.3 is 0 Å². The van der Waals surface area contributed by atoms with Gasteiger partial charge in [-0.25, -0.2) is 4.98 Å². The van der Waals surface area contributed by atoms with Gasteiger partial charge in [-0.2, -0.15) is 0 Å². The van der Waals surface area contributed by atoms with Crippen molar-refractivity contribution >= 4 is 23.4 Å². The number of hydrogen-bond acceptors (Lipinski definition) is 4. The van der Waals surface area contributed by atoms with Crippen LogP contribution in [0.15, 0.2) is 39.0 Å². The first-order chi connectivity index (χ1) is 7.69. The Morgan fingerprint density at radius 3 is 2.88 bits per heavy atom. The Labute approximate surface area is 103 Å². The number of aryl methyl sites for hydroxylation is 1. The molecule has 2 N–H and O–H groups in total. The van der Waals surface area contributed by atoms with Gasteiger partial charge in [-0.15, -0.1) is 0 Å². The van der Waals surface area contributed by atoms with Crippen molar-refractivity contribution in [2.24, 2.45) is 5.73 Å². The van der Waals surface area contributed by atoms with Crippen LogP contribution >= 0.6 is 23.4 Å². The fraction of sp³-hybridized carbons (Fsp3) is 0.182. The molecule has 0 saturated carbocycles. The summed E-state index contributed by atoms with van der Waals surface area (Å²) >= 11 is 7.50. The highest BCUT2D eigenvalue weighted by atomic mass is 35.5. The topological polar surface area (TPSA) is 52.0 Å². The van der Waals surface area contributed by atoms with Crippen molar-refractivity contribution in [2.75, 3.05) is 0 Å². The van der Waals surface area contributed by atoms with Crippen molar-refractivity contribution in [3.8, 4) is 0 Å². The lowest BCUT2D eigenvalue weighted by Crippen LogP contribution is -1.96. The van der Waals surface area contributed by atoms with Crippen LogP contribution in [0.25, 0.3) is 0 Å². The summed E-state index contributed by atoms with van der Waals surface area (Å²) in [7, 11) is 0. The summed E-state index contributed by atoms with van der Waals surface area (Å²) in [6, 6.07) is 5.74. The maximum Gasteiger partial charge on any atom is 0.260 e. The number of rotatable bonds is 3. The minimum Gasteiger partial charge on any atom is -0.439 e. The van der Waals surface area contributed by atoms with E-state index in [1.807, 2.05) is 25.1 Å². The van der Waals surface area contributed by atoms with Crippen LogP contribution in [0.2, 0.25) is 5.02 Å². The van der Waals surface area contributed by atoms with Crippen molar-refractivity contribution in [1.29, 1.82) is 0 Å². The molecule has 0 saturated heterocycles. The first kappa shape index (κ1) is 11.5. The van der Waals surface area contributed by atoms with E-state index in [9.17, 15) is 0 Å². The SMILES string of the molecule is Cc1coc(Sc2ccc(CN)c(Cl)c2)n1. The Bertz CT molecular complexity index is 498. The second-order valence-corrected chi connectivity index (χ2v) is 4.75. The second kappa shape index (κ2) is 4.91. The predicted molar refractivity (Wildman–Crippen MR) is 64.7 cm³/mol. The number of nitrogens with zero attached hydrogens (tertiary/aromatic N) is 1. The molecule has 1 heterocycles. The molecule has 0 radical (unpaired) electrons. The molecular weight excluding hydrogens is 244 g/mol. The zero-order valence-corrected chi connectivity index (χ0v) is 10.3. The Kier molecular flexibility index (Phi) is 3.53. The van der Waals surface area contributed by atoms with Gasteiger partial charge in [0, 0.05) is 16.5 Å². The van der Waals surface area contributed by atoms with Crippen molar-refractivity contribution in [3.05, 3.63) is 40.7 Å². The molecule has 0 aliphatic rings. The molecule has 0 aliphatic heterocycles. The molecule has 0 aliphatic carbocycles. The lowest BCUT2D eigenvalue weighted by Gasteiger charge is -2.02. The van der Waals surface area contributed by atoms with Crippen molar-refractivity contribution in [3.63, 3.8) is 0 Å². The van der Waals surface area contributed by atoms with Crippen LogP contribution < -0.4 is 5.73 Å². The number of oxazole rings is 1. The maximum absolute atomic E-state index is 6.06. The van der Waals surface area contributed by atoms with E-state index < -0.39 is 0 Å². The van der Waals surface area contributed by atoms with Crippen LogP contribution in [-0.2, 0) is 6.54 Å². The summed E-state index contributed by atoms with van der Waals surface area (Å²) in [4.78, 5) is 5.20. The first-order valence-electron chi connectivity index (χ1n) is 4.77. The van der Waals surface area contributed by atoms with Crippen LogP contribution in [0, 0.1) is 6.92 Å². The monoisotopic (exact) mass is 254 g/mol. The van der Waals surface area contributed by atoms with E-state index in [1.165, 1.54) is 11.8 Å². The van der Waals surface area contributed by atoms with E-state index in [-0.39, 0.29) is 0 Å². The maximum atomic E-state index is 6.06. The molecule has 2 aromatic rings. The lowest BCUT2D eigenvalue weighted by atomic mass is 10.2. The molecule has 0 atom stereocenters. The normalized spacial score (nSPS) is 10.7. The summed E-state index contributed by atoms with van der Waals surface area (Å²) < 4.78 is 5.25. The molecule has 0 unspecified atom stereocenters. The predicted octanol–water partition coefficient (Wildman–Crippen LogP) is 3.25. The van der Waals surface area contributed by atoms with Crippen LogP contribution in [-0.4, -0.2) is 4.98 Å². The van der Waals surface area contributed by atoms with Gasteiger partial charge in [-0.05, 0) is 36.4 Å². The summed E-state index contributed by atoms with van der Waals surface area (Å²) in [5.74, 6) is 0. The Morgan fingerprint density at radius 1 is 1.50 bits per heavy atom. The standard InChI is InChI=1S/C11H11ClN2OS/c1-7-6-15-11(14-7)16-9-3-2-8(5-13)10(12)4-9/h2-4,6H,5,13H2,1H3. The van der Waals surface area contributed by atoms with Gasteiger partial charge in [0.15, 0.2) is 0 Å². The molecule has 1 aromatic carbocycles. The Hall–Kier alpha value is -0.970. The summed E-state index contributed by atoms with van der Waals surface area (Å²) in [5, 5.41) is 1.30. The molecule has 0 amide bonds. The number of hydrogen-bond donors (Lipinski definition) is 1. The van der Waals surface area contributed by atoms with Crippen LogP contribution in [0.3, 0.4) is 0 Å². The van der Waals surface area contributed by atoms with Gasteiger partial charge in [0.05, 0.1) is 5.69 Å². The second-order valence-electron chi connectivity index (χ2n) is 3.31. The van der Waals surface area contributed by atoms with E-state index >= 15 is 0 Å². The van der Waals surface area contributed by atoms with Crippen LogP contribution in [0.1, 0.15) is 11.3 Å². The average molecular weight is 255 g/mol. The molecule has 0 bridgehead atoms. The largest absolute Gasteiger partial charge is 0.439 e. The van der Waals surface area contributed by atoms with E-state index in [0.717, 1.165) is 16.2 Å². The lowest BCUT2D eigenvalue weighted by molar-refractivity contribution is 0.454. The highest BCUT2D eigenvalue weighted by Crippen LogP contribution is 2.30. The van der Waals surface area contributed by atoms with Crippen LogP contribution in [0.5, 0.6) is 0 Å². The molecule has 84 valence electrons. The van der Waals surface area contributed by atoms with Crippen molar-refractivity contribution in [1.82, 2.24) is 4.98 Å². The van der Waals surface area contributed by atoms with Crippen molar-refractivity contribution in [2.45, 2.75) is 23.6 Å². The van der Waals surface area contributed by atoms with Gasteiger partial charge in [0.25, 0.3) is 5.22 Å². The molecule has 3 nitrogen and oxygen atoms in total. The highest BCUT2D eigenvalue weighted by Gasteiger charge is 2.06. The Morgan fingerprint density at radius 2 is 2.31 bits per heavy atom. The van der Waals surface area contributed by atoms with Gasteiger partial charge in [0.1, 0.15) is 6.26 Å². The molecule has 0 fully saturated rings. The van der Waals surface area contributed by atoms with Crippen molar-refractivity contribution < 1.29 is 4.42 Å². The van der Waals surface area contributed by atoms with Gasteiger partial charge in [-0.3, -0.25) is 0 Å². The molecular formula is C11H11ClN2OS. The van der Waals surface area contributed by atoms with E-state index in [1.54, 1.807) is 6.26 Å².